The van der Waals surface area contributed by atoms with Crippen molar-refractivity contribution in [2.75, 3.05) is 0 Å². The number of carboxylic acids is 1. The summed E-state index contributed by atoms with van der Waals surface area (Å²) in [4.78, 5) is 11.6. The van der Waals surface area contributed by atoms with Gasteiger partial charge in [0.2, 0.25) is 0 Å². The maximum atomic E-state index is 11.6. The molecule has 0 aliphatic rings. The van der Waals surface area contributed by atoms with Gasteiger partial charge in [-0.25, -0.2) is 4.79 Å². The molecule has 0 unspecified atom stereocenters. The molecule has 0 aliphatic carbocycles. The molecule has 2 N–H and O–H groups in total. The summed E-state index contributed by atoms with van der Waals surface area (Å²) in [5.74, 6) is -1.41. The summed E-state index contributed by atoms with van der Waals surface area (Å²) in [6.45, 7) is 0. The van der Waals surface area contributed by atoms with Crippen LogP contribution in [0.5, 0.6) is 5.75 Å². The van der Waals surface area contributed by atoms with Gasteiger partial charge in [-0.1, -0.05) is 65.7 Å². The summed E-state index contributed by atoms with van der Waals surface area (Å²) in [5, 5.41) is 21.0. The molecule has 0 aromatic heterocycles. The van der Waals surface area contributed by atoms with E-state index in [2.05, 4.69) is 0 Å². The molecule has 3 aromatic rings. The van der Waals surface area contributed by atoms with E-state index in [-0.39, 0.29) is 11.3 Å². The van der Waals surface area contributed by atoms with Crippen LogP contribution in [0, 0.1) is 0 Å². The van der Waals surface area contributed by atoms with Crippen LogP contribution in [0.4, 0.5) is 0 Å². The highest BCUT2D eigenvalue weighted by atomic mass is 35.5. The normalized spacial score (nSPS) is 10.7. The molecule has 0 fully saturated rings. The predicted octanol–water partition coefficient (Wildman–Crippen LogP) is 5.58. The Hall–Kier alpha value is -2.49. The molecule has 5 heteroatoms. The number of carboxylic acid groups (broad SMARTS) is 1. The third-order valence-corrected chi connectivity index (χ3v) is 4.91. The second-order valence-corrected chi connectivity index (χ2v) is 6.81. The van der Waals surface area contributed by atoms with Crippen LogP contribution in [-0.2, 0) is 12.8 Å². The Balaban J connectivity index is 2.03. The van der Waals surface area contributed by atoms with Gasteiger partial charge >= 0.3 is 5.97 Å². The first-order chi connectivity index (χ1) is 12.5. The fraction of sp³-hybridized carbons (Fsp3) is 0.0952. The average molecular weight is 387 g/mol. The summed E-state index contributed by atoms with van der Waals surface area (Å²) in [7, 11) is 0. The number of benzene rings is 3. The lowest BCUT2D eigenvalue weighted by Gasteiger charge is -2.13. The lowest BCUT2D eigenvalue weighted by Crippen LogP contribution is -2.03. The molecular weight excluding hydrogens is 371 g/mol. The number of hydrogen-bond acceptors (Lipinski definition) is 2. The molecular formula is C21H16Cl2O3. The number of carbonyl (C=O) groups is 1. The molecule has 0 heterocycles. The monoisotopic (exact) mass is 386 g/mol. The van der Waals surface area contributed by atoms with Crippen LogP contribution in [0.25, 0.3) is 0 Å². The molecule has 3 nitrogen and oxygen atoms in total. The maximum absolute atomic E-state index is 11.6. The molecule has 0 aliphatic heterocycles. The van der Waals surface area contributed by atoms with E-state index in [1.165, 1.54) is 6.07 Å². The van der Waals surface area contributed by atoms with Crippen LogP contribution in [-0.4, -0.2) is 16.2 Å². The van der Waals surface area contributed by atoms with E-state index in [1.807, 2.05) is 36.4 Å². The maximum Gasteiger partial charge on any atom is 0.339 e. The van der Waals surface area contributed by atoms with Crippen LogP contribution < -0.4 is 0 Å². The summed E-state index contributed by atoms with van der Waals surface area (Å²) < 4.78 is 0. The van der Waals surface area contributed by atoms with E-state index in [4.69, 9.17) is 23.2 Å². The molecule has 26 heavy (non-hydrogen) atoms. The molecule has 0 amide bonds. The van der Waals surface area contributed by atoms with Crippen molar-refractivity contribution in [1.29, 1.82) is 0 Å². The van der Waals surface area contributed by atoms with Crippen molar-refractivity contribution in [3.05, 3.63) is 98.5 Å². The highest BCUT2D eigenvalue weighted by molar-refractivity contribution is 6.31. The standard InChI is InChI=1S/C21H16Cl2O3/c22-18-7-3-1-5-14(18)9-13-10-16(20(24)17(11-13)21(25)26)12-15-6-2-4-8-19(15)23/h1-8,10-11,24H,9,12H2,(H,25,26). The summed E-state index contributed by atoms with van der Waals surface area (Å²) in [6, 6.07) is 18.0. The Morgan fingerprint density at radius 3 is 1.88 bits per heavy atom. The molecule has 0 bridgehead atoms. The summed E-state index contributed by atoms with van der Waals surface area (Å²) >= 11 is 12.4. The second-order valence-electron chi connectivity index (χ2n) is 5.99. The van der Waals surface area contributed by atoms with Gasteiger partial charge in [0.1, 0.15) is 11.3 Å². The van der Waals surface area contributed by atoms with Gasteiger partial charge in [-0.2, -0.15) is 0 Å². The van der Waals surface area contributed by atoms with Crippen molar-refractivity contribution in [3.63, 3.8) is 0 Å². The first-order valence-electron chi connectivity index (χ1n) is 8.00. The Labute approximate surface area is 161 Å². The number of aromatic carboxylic acids is 1. The highest BCUT2D eigenvalue weighted by Crippen LogP contribution is 2.30. The van der Waals surface area contributed by atoms with Crippen molar-refractivity contribution >= 4 is 29.2 Å². The van der Waals surface area contributed by atoms with Gasteiger partial charge < -0.3 is 10.2 Å². The zero-order valence-electron chi connectivity index (χ0n) is 13.7. The van der Waals surface area contributed by atoms with Crippen molar-refractivity contribution in [1.82, 2.24) is 0 Å². The smallest absolute Gasteiger partial charge is 0.339 e. The van der Waals surface area contributed by atoms with Crippen molar-refractivity contribution in [2.24, 2.45) is 0 Å². The van der Waals surface area contributed by atoms with E-state index >= 15 is 0 Å². The van der Waals surface area contributed by atoms with E-state index in [0.717, 1.165) is 16.7 Å². The molecule has 0 spiro atoms. The van der Waals surface area contributed by atoms with Gasteiger partial charge in [-0.05, 0) is 46.9 Å². The van der Waals surface area contributed by atoms with Crippen LogP contribution in [0.2, 0.25) is 10.0 Å². The van der Waals surface area contributed by atoms with Gasteiger partial charge in [0, 0.05) is 16.5 Å². The van der Waals surface area contributed by atoms with E-state index in [9.17, 15) is 15.0 Å². The Bertz CT molecular complexity index is 967. The van der Waals surface area contributed by atoms with Crippen LogP contribution in [0.15, 0.2) is 60.7 Å². The molecule has 0 saturated heterocycles. The first kappa shape index (κ1) is 18.3. The van der Waals surface area contributed by atoms with Gasteiger partial charge in [-0.3, -0.25) is 0 Å². The third kappa shape index (κ3) is 4.01. The van der Waals surface area contributed by atoms with Gasteiger partial charge in [0.05, 0.1) is 0 Å². The number of rotatable bonds is 5. The minimum Gasteiger partial charge on any atom is -0.507 e. The molecule has 0 atom stereocenters. The van der Waals surface area contributed by atoms with Crippen molar-refractivity contribution in [2.45, 2.75) is 12.8 Å². The van der Waals surface area contributed by atoms with E-state index < -0.39 is 5.97 Å². The average Bonchev–Trinajstić information content (AvgIpc) is 2.61. The Morgan fingerprint density at radius 2 is 1.35 bits per heavy atom. The Kier molecular flexibility index (Phi) is 5.50. The minimum atomic E-state index is -1.18. The number of phenols is 1. The molecule has 0 radical (unpaired) electrons. The van der Waals surface area contributed by atoms with Gasteiger partial charge in [0.15, 0.2) is 0 Å². The molecule has 3 rings (SSSR count). The lowest BCUT2D eigenvalue weighted by atomic mass is 9.95. The molecule has 3 aromatic carbocycles. The lowest BCUT2D eigenvalue weighted by molar-refractivity contribution is 0.0693. The molecule has 0 saturated carbocycles. The van der Waals surface area contributed by atoms with Gasteiger partial charge in [0.25, 0.3) is 0 Å². The predicted molar refractivity (Wildman–Crippen MR) is 104 cm³/mol. The highest BCUT2D eigenvalue weighted by Gasteiger charge is 2.17. The van der Waals surface area contributed by atoms with E-state index in [0.29, 0.717) is 28.5 Å². The topological polar surface area (TPSA) is 57.5 Å². The number of aromatic hydroxyl groups is 1. The summed E-state index contributed by atoms with van der Waals surface area (Å²) in [5.41, 5.74) is 2.85. The van der Waals surface area contributed by atoms with Gasteiger partial charge in [-0.15, -0.1) is 0 Å². The van der Waals surface area contributed by atoms with Crippen LogP contribution in [0.1, 0.15) is 32.6 Å². The minimum absolute atomic E-state index is 0.128. The Morgan fingerprint density at radius 1 is 0.808 bits per heavy atom. The third-order valence-electron chi connectivity index (χ3n) is 4.17. The van der Waals surface area contributed by atoms with Crippen LogP contribution >= 0.6 is 23.2 Å². The second kappa shape index (κ2) is 7.81. The summed E-state index contributed by atoms with van der Waals surface area (Å²) in [6.07, 6.45) is 0.803. The number of halogens is 2. The van der Waals surface area contributed by atoms with Crippen LogP contribution in [0.3, 0.4) is 0 Å². The first-order valence-corrected chi connectivity index (χ1v) is 8.76. The number of hydrogen-bond donors (Lipinski definition) is 2. The largest absolute Gasteiger partial charge is 0.507 e. The van der Waals surface area contributed by atoms with Crippen molar-refractivity contribution < 1.29 is 15.0 Å². The van der Waals surface area contributed by atoms with E-state index in [1.54, 1.807) is 18.2 Å². The van der Waals surface area contributed by atoms with Crippen molar-refractivity contribution in [3.8, 4) is 5.75 Å². The zero-order chi connectivity index (χ0) is 18.7. The zero-order valence-corrected chi connectivity index (χ0v) is 15.3. The fourth-order valence-electron chi connectivity index (χ4n) is 2.87. The molecule has 132 valence electrons. The quantitative estimate of drug-likeness (QED) is 0.601. The fourth-order valence-corrected chi connectivity index (χ4v) is 3.27. The SMILES string of the molecule is O=C(O)c1cc(Cc2ccccc2Cl)cc(Cc2ccccc2Cl)c1O.